The number of nitrogens with zero attached hydrogens (tertiary/aromatic N) is 1. The normalized spacial score (nSPS) is 17.4. The monoisotopic (exact) mass is 337 g/mol. The van der Waals surface area contributed by atoms with Gasteiger partial charge in [-0.15, -0.1) is 0 Å². The molecule has 7 heteroatoms. The third-order valence-electron chi connectivity index (χ3n) is 3.93. The van der Waals surface area contributed by atoms with E-state index in [0.717, 1.165) is 5.56 Å². The molecule has 2 rings (SSSR count). The van der Waals surface area contributed by atoms with Crippen LogP contribution in [0.5, 0.6) is 11.5 Å². The van der Waals surface area contributed by atoms with Crippen LogP contribution in [0.4, 0.5) is 0 Å². The predicted octanol–water partition coefficient (Wildman–Crippen LogP) is 1.34. The van der Waals surface area contributed by atoms with Crippen LogP contribution in [0.3, 0.4) is 0 Å². The van der Waals surface area contributed by atoms with Gasteiger partial charge in [-0.25, -0.2) is 0 Å². The predicted molar refractivity (Wildman–Crippen MR) is 86.4 cm³/mol. The number of rotatable bonds is 7. The van der Waals surface area contributed by atoms with Crippen molar-refractivity contribution in [3.05, 3.63) is 23.8 Å². The van der Waals surface area contributed by atoms with Gasteiger partial charge in [0.05, 0.1) is 33.4 Å². The molecule has 1 heterocycles. The zero-order chi connectivity index (χ0) is 17.5. The molecule has 1 amide bonds. The van der Waals surface area contributed by atoms with Gasteiger partial charge in [-0.1, -0.05) is 0 Å². The number of hydrogen-bond donors (Lipinski definition) is 1. The van der Waals surface area contributed by atoms with Crippen LogP contribution in [0.15, 0.2) is 18.2 Å². The molecular formula is C17H23NO6. The summed E-state index contributed by atoms with van der Waals surface area (Å²) < 4.78 is 15.8. The van der Waals surface area contributed by atoms with E-state index in [9.17, 15) is 9.59 Å². The van der Waals surface area contributed by atoms with Crippen LogP contribution < -0.4 is 9.47 Å². The fraction of sp³-hybridized carbons (Fsp3) is 0.529. The van der Waals surface area contributed by atoms with Gasteiger partial charge < -0.3 is 24.2 Å². The summed E-state index contributed by atoms with van der Waals surface area (Å²) in [6.45, 7) is 1.19. The average molecular weight is 337 g/mol. The molecule has 1 saturated heterocycles. The van der Waals surface area contributed by atoms with Gasteiger partial charge in [0, 0.05) is 25.6 Å². The average Bonchev–Trinajstić information content (AvgIpc) is 2.58. The van der Waals surface area contributed by atoms with Gasteiger partial charge in [-0.3, -0.25) is 9.59 Å². The first kappa shape index (κ1) is 18.1. The molecule has 132 valence electrons. The molecule has 1 aromatic rings. The van der Waals surface area contributed by atoms with Crippen LogP contribution in [0.25, 0.3) is 0 Å². The zero-order valence-corrected chi connectivity index (χ0v) is 14.0. The second-order valence-electron chi connectivity index (χ2n) is 5.65. The highest BCUT2D eigenvalue weighted by Gasteiger charge is 2.25. The third kappa shape index (κ3) is 5.13. The highest BCUT2D eigenvalue weighted by molar-refractivity contribution is 5.76. The lowest BCUT2D eigenvalue weighted by atomic mass is 10.1. The molecule has 7 nitrogen and oxygen atoms in total. The summed E-state index contributed by atoms with van der Waals surface area (Å²) in [7, 11) is 3.17. The van der Waals surface area contributed by atoms with E-state index in [1.165, 1.54) is 0 Å². The van der Waals surface area contributed by atoms with Crippen molar-refractivity contribution in [2.75, 3.05) is 33.9 Å². The molecule has 1 atom stereocenters. The van der Waals surface area contributed by atoms with Crippen molar-refractivity contribution in [1.29, 1.82) is 0 Å². The Morgan fingerprint density at radius 2 is 1.92 bits per heavy atom. The number of amides is 1. The lowest BCUT2D eigenvalue weighted by Crippen LogP contribution is -2.46. The summed E-state index contributed by atoms with van der Waals surface area (Å²) in [5, 5.41) is 8.83. The van der Waals surface area contributed by atoms with Gasteiger partial charge >= 0.3 is 5.97 Å². The highest BCUT2D eigenvalue weighted by Crippen LogP contribution is 2.23. The van der Waals surface area contributed by atoms with E-state index >= 15 is 0 Å². The van der Waals surface area contributed by atoms with E-state index < -0.39 is 12.1 Å². The molecule has 0 aliphatic carbocycles. The molecule has 0 spiro atoms. The van der Waals surface area contributed by atoms with Gasteiger partial charge in [-0.05, 0) is 24.1 Å². The van der Waals surface area contributed by atoms with Crippen molar-refractivity contribution in [3.8, 4) is 11.5 Å². The summed E-state index contributed by atoms with van der Waals surface area (Å²) in [6.07, 6.45) is 0.387. The van der Waals surface area contributed by atoms with E-state index in [1.807, 2.05) is 12.1 Å². The van der Waals surface area contributed by atoms with Crippen LogP contribution in [0.1, 0.15) is 18.4 Å². The molecule has 1 aliphatic rings. The Morgan fingerprint density at radius 1 is 1.25 bits per heavy atom. The molecule has 0 radical (unpaired) electrons. The number of methoxy groups -OCH3 is 2. The second kappa shape index (κ2) is 8.54. The first-order valence-corrected chi connectivity index (χ1v) is 7.85. The standard InChI is InChI=1S/C17H23NO6/c1-22-13-7-12(8-14(9-13)23-2)3-4-16(19)18-5-6-24-15(11-18)10-17(20)21/h7-9,15H,3-6,10-11H2,1-2H3,(H,20,21)/t15-/m1/s1. The maximum Gasteiger partial charge on any atom is 0.306 e. The first-order valence-electron chi connectivity index (χ1n) is 7.85. The number of carboxylic acids is 1. The molecule has 0 aromatic heterocycles. The minimum absolute atomic E-state index is 0.00419. The summed E-state index contributed by atoms with van der Waals surface area (Å²) in [5.41, 5.74) is 0.954. The maximum atomic E-state index is 12.4. The number of morpholine rings is 1. The van der Waals surface area contributed by atoms with Crippen molar-refractivity contribution >= 4 is 11.9 Å². The van der Waals surface area contributed by atoms with Crippen LogP contribution in [-0.4, -0.2) is 61.9 Å². The number of aryl methyl sites for hydroxylation is 1. The summed E-state index contributed by atoms with van der Waals surface area (Å²) in [4.78, 5) is 24.8. The smallest absolute Gasteiger partial charge is 0.306 e. The zero-order valence-electron chi connectivity index (χ0n) is 14.0. The molecular weight excluding hydrogens is 314 g/mol. The largest absolute Gasteiger partial charge is 0.497 e. The molecule has 0 unspecified atom stereocenters. The Morgan fingerprint density at radius 3 is 2.50 bits per heavy atom. The number of aliphatic carboxylic acids is 1. The second-order valence-corrected chi connectivity index (χ2v) is 5.65. The van der Waals surface area contributed by atoms with Crippen molar-refractivity contribution in [3.63, 3.8) is 0 Å². The first-order chi connectivity index (χ1) is 11.5. The molecule has 1 aliphatic heterocycles. The summed E-state index contributed by atoms with van der Waals surface area (Å²) in [6, 6.07) is 5.54. The Balaban J connectivity index is 1.91. The molecule has 1 aromatic carbocycles. The molecule has 0 bridgehead atoms. The number of carbonyl (C=O) groups excluding carboxylic acids is 1. The van der Waals surface area contributed by atoms with Gasteiger partial charge in [0.2, 0.25) is 5.91 Å². The highest BCUT2D eigenvalue weighted by atomic mass is 16.5. The van der Waals surface area contributed by atoms with E-state index in [0.29, 0.717) is 44.0 Å². The Labute approximate surface area is 141 Å². The minimum Gasteiger partial charge on any atom is -0.497 e. The van der Waals surface area contributed by atoms with E-state index in [2.05, 4.69) is 0 Å². The van der Waals surface area contributed by atoms with Crippen molar-refractivity contribution in [1.82, 2.24) is 4.90 Å². The van der Waals surface area contributed by atoms with Gasteiger partial charge in [0.15, 0.2) is 0 Å². The maximum absolute atomic E-state index is 12.4. The molecule has 0 saturated carbocycles. The topological polar surface area (TPSA) is 85.3 Å². The third-order valence-corrected chi connectivity index (χ3v) is 3.93. The van der Waals surface area contributed by atoms with E-state index in [-0.39, 0.29) is 12.3 Å². The molecule has 1 N–H and O–H groups in total. The number of benzene rings is 1. The number of ether oxygens (including phenoxy) is 3. The Bertz CT molecular complexity index is 566. The van der Waals surface area contributed by atoms with Gasteiger partial charge in [0.1, 0.15) is 11.5 Å². The SMILES string of the molecule is COc1cc(CCC(=O)N2CCO[C@H](CC(=O)O)C2)cc(OC)c1. The van der Waals surface area contributed by atoms with Crippen LogP contribution in [0, 0.1) is 0 Å². The Hall–Kier alpha value is -2.28. The van der Waals surface area contributed by atoms with Crippen LogP contribution >= 0.6 is 0 Å². The van der Waals surface area contributed by atoms with Gasteiger partial charge in [-0.2, -0.15) is 0 Å². The molecule has 24 heavy (non-hydrogen) atoms. The number of hydrogen-bond acceptors (Lipinski definition) is 5. The van der Waals surface area contributed by atoms with Gasteiger partial charge in [0.25, 0.3) is 0 Å². The summed E-state index contributed by atoms with van der Waals surface area (Å²) >= 11 is 0. The van der Waals surface area contributed by atoms with E-state index in [4.69, 9.17) is 19.3 Å². The van der Waals surface area contributed by atoms with E-state index in [1.54, 1.807) is 25.2 Å². The lowest BCUT2D eigenvalue weighted by molar-refractivity contribution is -0.147. The summed E-state index contributed by atoms with van der Waals surface area (Å²) in [5.74, 6) is 0.447. The Kier molecular flexibility index (Phi) is 6.43. The lowest BCUT2D eigenvalue weighted by Gasteiger charge is -2.32. The number of carbonyl (C=O) groups is 2. The van der Waals surface area contributed by atoms with Crippen molar-refractivity contribution < 1.29 is 28.9 Å². The van der Waals surface area contributed by atoms with Crippen molar-refractivity contribution in [2.45, 2.75) is 25.4 Å². The van der Waals surface area contributed by atoms with Crippen molar-refractivity contribution in [2.24, 2.45) is 0 Å². The number of carboxylic acid groups (broad SMARTS) is 1. The van der Waals surface area contributed by atoms with Crippen LogP contribution in [-0.2, 0) is 20.7 Å². The quantitative estimate of drug-likeness (QED) is 0.808. The fourth-order valence-corrected chi connectivity index (χ4v) is 2.68. The van der Waals surface area contributed by atoms with Crippen LogP contribution in [0.2, 0.25) is 0 Å². The minimum atomic E-state index is -0.919. The molecule has 1 fully saturated rings. The fourth-order valence-electron chi connectivity index (χ4n) is 2.68.